The number of fused-ring (bicyclic) bond motifs is 1. The highest BCUT2D eigenvalue weighted by Crippen LogP contribution is 2.27. The fourth-order valence-corrected chi connectivity index (χ4v) is 3.67. The van der Waals surface area contributed by atoms with Crippen LogP contribution in [0.4, 0.5) is 8.78 Å². The molecule has 1 heterocycles. The molecular weight excluding hydrogens is 370 g/mol. The lowest BCUT2D eigenvalue weighted by molar-refractivity contribution is 0.0951. The van der Waals surface area contributed by atoms with Gasteiger partial charge in [0.15, 0.2) is 0 Å². The van der Waals surface area contributed by atoms with E-state index in [2.05, 4.69) is 9.88 Å². The largest absolute Gasteiger partial charge is 0.348 e. The van der Waals surface area contributed by atoms with Gasteiger partial charge in [0.05, 0.1) is 5.56 Å². The SMILES string of the molecule is Cc1c(C(=O)NCc2cc(F)cc(F)c2)c2ccccc2n1Cc1ccccc1. The molecule has 0 unspecified atom stereocenters. The summed E-state index contributed by atoms with van der Waals surface area (Å²) in [6, 6.07) is 21.0. The van der Waals surface area contributed by atoms with Gasteiger partial charge in [0.25, 0.3) is 5.91 Å². The molecule has 4 rings (SSSR count). The van der Waals surface area contributed by atoms with E-state index in [4.69, 9.17) is 0 Å². The molecule has 0 bridgehead atoms. The van der Waals surface area contributed by atoms with Gasteiger partial charge in [-0.3, -0.25) is 4.79 Å². The highest BCUT2D eigenvalue weighted by molar-refractivity contribution is 6.08. The fraction of sp³-hybridized carbons (Fsp3) is 0.125. The Kier molecular flexibility index (Phi) is 5.12. The number of benzene rings is 3. The monoisotopic (exact) mass is 390 g/mol. The second kappa shape index (κ2) is 7.87. The first kappa shape index (κ1) is 18.9. The molecule has 1 aromatic heterocycles. The molecule has 0 saturated heterocycles. The Labute approximate surface area is 167 Å². The summed E-state index contributed by atoms with van der Waals surface area (Å²) in [6.07, 6.45) is 0. The van der Waals surface area contributed by atoms with Gasteiger partial charge in [-0.05, 0) is 36.2 Å². The molecule has 0 aliphatic heterocycles. The Morgan fingerprint density at radius 2 is 1.55 bits per heavy atom. The summed E-state index contributed by atoms with van der Waals surface area (Å²) in [5, 5.41) is 3.65. The molecule has 5 heteroatoms. The minimum atomic E-state index is -0.662. The topological polar surface area (TPSA) is 34.0 Å². The quantitative estimate of drug-likeness (QED) is 0.499. The summed E-state index contributed by atoms with van der Waals surface area (Å²) in [5.41, 5.74) is 3.90. The van der Waals surface area contributed by atoms with Crippen molar-refractivity contribution in [3.8, 4) is 0 Å². The molecule has 3 nitrogen and oxygen atoms in total. The van der Waals surface area contributed by atoms with Gasteiger partial charge in [-0.15, -0.1) is 0 Å². The van der Waals surface area contributed by atoms with Gasteiger partial charge < -0.3 is 9.88 Å². The zero-order valence-electron chi connectivity index (χ0n) is 16.0. The summed E-state index contributed by atoms with van der Waals surface area (Å²) in [5.74, 6) is -1.59. The lowest BCUT2D eigenvalue weighted by Crippen LogP contribution is -2.23. The maximum Gasteiger partial charge on any atom is 0.254 e. The van der Waals surface area contributed by atoms with Crippen LogP contribution in [0.5, 0.6) is 0 Å². The van der Waals surface area contributed by atoms with E-state index >= 15 is 0 Å². The van der Waals surface area contributed by atoms with E-state index in [1.807, 2.05) is 61.5 Å². The maximum absolute atomic E-state index is 13.4. The highest BCUT2D eigenvalue weighted by Gasteiger charge is 2.19. The molecule has 0 aliphatic carbocycles. The van der Waals surface area contributed by atoms with Crippen LogP contribution in [0.25, 0.3) is 10.9 Å². The van der Waals surface area contributed by atoms with E-state index in [1.54, 1.807) is 0 Å². The minimum Gasteiger partial charge on any atom is -0.348 e. The Morgan fingerprint density at radius 1 is 0.897 bits per heavy atom. The van der Waals surface area contributed by atoms with Crippen molar-refractivity contribution >= 4 is 16.8 Å². The number of para-hydroxylation sites is 1. The number of rotatable bonds is 5. The van der Waals surface area contributed by atoms with Crippen LogP contribution in [-0.4, -0.2) is 10.5 Å². The second-order valence-corrected chi connectivity index (χ2v) is 7.01. The third kappa shape index (κ3) is 3.90. The van der Waals surface area contributed by atoms with Crippen LogP contribution in [0.3, 0.4) is 0 Å². The maximum atomic E-state index is 13.4. The molecule has 0 saturated carbocycles. The standard InChI is InChI=1S/C24H20F2N2O/c1-16-23(24(29)27-14-18-11-19(25)13-20(26)12-18)21-9-5-6-10-22(21)28(16)15-17-7-3-2-4-8-17/h2-13H,14-15H2,1H3,(H,27,29). The molecule has 0 fully saturated rings. The summed E-state index contributed by atoms with van der Waals surface area (Å²) in [7, 11) is 0. The lowest BCUT2D eigenvalue weighted by Gasteiger charge is -2.09. The molecule has 0 radical (unpaired) electrons. The van der Waals surface area contributed by atoms with Gasteiger partial charge in [-0.2, -0.15) is 0 Å². The fourth-order valence-electron chi connectivity index (χ4n) is 3.67. The van der Waals surface area contributed by atoms with Gasteiger partial charge in [-0.1, -0.05) is 48.5 Å². The summed E-state index contributed by atoms with van der Waals surface area (Å²) in [4.78, 5) is 13.0. The average Bonchev–Trinajstić information content (AvgIpc) is 2.98. The van der Waals surface area contributed by atoms with Gasteiger partial charge in [0, 0.05) is 35.8 Å². The van der Waals surface area contributed by atoms with E-state index in [9.17, 15) is 13.6 Å². The van der Waals surface area contributed by atoms with Crippen LogP contribution in [0, 0.1) is 18.6 Å². The number of nitrogens with zero attached hydrogens (tertiary/aromatic N) is 1. The Balaban J connectivity index is 1.66. The summed E-state index contributed by atoms with van der Waals surface area (Å²) < 4.78 is 28.9. The molecular formula is C24H20F2N2O. The van der Waals surface area contributed by atoms with Crippen molar-refractivity contribution in [1.82, 2.24) is 9.88 Å². The van der Waals surface area contributed by atoms with Crippen molar-refractivity contribution in [2.75, 3.05) is 0 Å². The van der Waals surface area contributed by atoms with Gasteiger partial charge in [0.1, 0.15) is 11.6 Å². The third-order valence-electron chi connectivity index (χ3n) is 5.02. The number of hydrogen-bond acceptors (Lipinski definition) is 1. The van der Waals surface area contributed by atoms with Crippen molar-refractivity contribution in [3.63, 3.8) is 0 Å². The first-order chi connectivity index (χ1) is 14.0. The molecule has 1 N–H and O–H groups in total. The Morgan fingerprint density at radius 3 is 2.28 bits per heavy atom. The smallest absolute Gasteiger partial charge is 0.254 e. The predicted molar refractivity (Wildman–Crippen MR) is 110 cm³/mol. The van der Waals surface area contributed by atoms with Crippen molar-refractivity contribution < 1.29 is 13.6 Å². The van der Waals surface area contributed by atoms with Gasteiger partial charge in [-0.25, -0.2) is 8.78 Å². The van der Waals surface area contributed by atoms with Crippen LogP contribution in [0.15, 0.2) is 72.8 Å². The molecule has 1 amide bonds. The number of amides is 1. The van der Waals surface area contributed by atoms with Crippen LogP contribution >= 0.6 is 0 Å². The Bertz CT molecular complexity index is 1160. The van der Waals surface area contributed by atoms with Gasteiger partial charge >= 0.3 is 0 Å². The predicted octanol–water partition coefficient (Wildman–Crippen LogP) is 5.21. The van der Waals surface area contributed by atoms with E-state index in [0.29, 0.717) is 17.7 Å². The van der Waals surface area contributed by atoms with E-state index in [0.717, 1.165) is 28.2 Å². The van der Waals surface area contributed by atoms with Crippen molar-refractivity contribution in [2.45, 2.75) is 20.0 Å². The first-order valence-corrected chi connectivity index (χ1v) is 9.38. The van der Waals surface area contributed by atoms with Crippen LogP contribution < -0.4 is 5.32 Å². The van der Waals surface area contributed by atoms with E-state index in [1.165, 1.54) is 12.1 Å². The molecule has 29 heavy (non-hydrogen) atoms. The molecule has 0 atom stereocenters. The third-order valence-corrected chi connectivity index (χ3v) is 5.02. The van der Waals surface area contributed by atoms with Crippen molar-refractivity contribution in [2.24, 2.45) is 0 Å². The normalized spacial score (nSPS) is 11.0. The Hall–Kier alpha value is -3.47. The number of nitrogens with one attached hydrogen (secondary N) is 1. The summed E-state index contributed by atoms with van der Waals surface area (Å²) in [6.45, 7) is 2.61. The number of hydrogen-bond donors (Lipinski definition) is 1. The molecule has 146 valence electrons. The average molecular weight is 390 g/mol. The van der Waals surface area contributed by atoms with Crippen LogP contribution in [0.2, 0.25) is 0 Å². The lowest BCUT2D eigenvalue weighted by atomic mass is 10.1. The molecule has 4 aromatic rings. The van der Waals surface area contributed by atoms with Gasteiger partial charge in [0.2, 0.25) is 0 Å². The zero-order valence-corrected chi connectivity index (χ0v) is 16.0. The molecule has 0 aliphatic rings. The first-order valence-electron chi connectivity index (χ1n) is 9.38. The molecule has 3 aromatic carbocycles. The number of carbonyl (C=O) groups excluding carboxylic acids is 1. The number of carbonyl (C=O) groups is 1. The summed E-state index contributed by atoms with van der Waals surface area (Å²) >= 11 is 0. The minimum absolute atomic E-state index is 0.0468. The highest BCUT2D eigenvalue weighted by atomic mass is 19.1. The number of aromatic nitrogens is 1. The second-order valence-electron chi connectivity index (χ2n) is 7.01. The molecule has 0 spiro atoms. The van der Waals surface area contributed by atoms with E-state index in [-0.39, 0.29) is 12.5 Å². The number of halogens is 2. The zero-order chi connectivity index (χ0) is 20.4. The van der Waals surface area contributed by atoms with Crippen molar-refractivity contribution in [1.29, 1.82) is 0 Å². The van der Waals surface area contributed by atoms with Crippen LogP contribution in [-0.2, 0) is 13.1 Å². The van der Waals surface area contributed by atoms with E-state index < -0.39 is 11.6 Å². The van der Waals surface area contributed by atoms with Crippen molar-refractivity contribution in [3.05, 3.63) is 107 Å². The van der Waals surface area contributed by atoms with Crippen LogP contribution in [0.1, 0.15) is 27.2 Å².